The zero-order chi connectivity index (χ0) is 18.5. The van der Waals surface area contributed by atoms with E-state index in [1.165, 1.54) is 6.26 Å². The fraction of sp³-hybridized carbons (Fsp3) is 0.278. The minimum Gasteiger partial charge on any atom is -0.459 e. The number of furan rings is 1. The van der Waals surface area contributed by atoms with E-state index < -0.39 is 0 Å². The van der Waals surface area contributed by atoms with Crippen LogP contribution in [0, 0.1) is 0 Å². The van der Waals surface area contributed by atoms with Crippen molar-refractivity contribution in [1.82, 2.24) is 5.32 Å². The second-order valence-corrected chi connectivity index (χ2v) is 7.18. The predicted octanol–water partition coefficient (Wildman–Crippen LogP) is 3.58. The fourth-order valence-corrected chi connectivity index (χ4v) is 3.60. The van der Waals surface area contributed by atoms with Crippen LogP contribution in [0.15, 0.2) is 52.1 Å². The van der Waals surface area contributed by atoms with E-state index in [1.807, 2.05) is 6.92 Å². The van der Waals surface area contributed by atoms with Gasteiger partial charge in [0.1, 0.15) is 0 Å². The van der Waals surface area contributed by atoms with Gasteiger partial charge in [0.25, 0.3) is 5.91 Å². The number of carbonyl (C=O) groups is 2. The second-order valence-electron chi connectivity index (χ2n) is 5.76. The quantitative estimate of drug-likeness (QED) is 0.845. The molecule has 1 aliphatic heterocycles. The van der Waals surface area contributed by atoms with Gasteiger partial charge in [-0.1, -0.05) is 23.4 Å². The fourth-order valence-electron chi connectivity index (χ4n) is 2.42. The average Bonchev–Trinajstić information content (AvgIpc) is 3.29. The number of carbonyl (C=O) groups excluding carboxylic acids is 2. The van der Waals surface area contributed by atoms with Crippen LogP contribution in [-0.4, -0.2) is 35.3 Å². The molecule has 1 atom stereocenters. The van der Waals surface area contributed by atoms with Crippen LogP contribution in [0.3, 0.4) is 0 Å². The molecule has 0 aliphatic carbocycles. The molecule has 1 aromatic heterocycles. The Morgan fingerprint density at radius 1 is 1.35 bits per heavy atom. The number of nitrogens with zero attached hydrogens (tertiary/aromatic N) is 2. The standard InChI is InChI=1S/C18H18ClN3O3S/c1-12-11-26-18(21-12)22(14-6-4-13(19)5-7-14)16(23)8-9-20-17(24)15-3-2-10-25-15/h2-7,10,12H,8-9,11H2,1H3,(H,20,24). The highest BCUT2D eigenvalue weighted by molar-refractivity contribution is 8.14. The van der Waals surface area contributed by atoms with E-state index in [0.29, 0.717) is 15.9 Å². The zero-order valence-electron chi connectivity index (χ0n) is 14.1. The molecule has 2 aromatic rings. The Hall–Kier alpha value is -2.25. The molecule has 6 nitrogen and oxygen atoms in total. The molecule has 2 heterocycles. The van der Waals surface area contributed by atoms with E-state index in [0.717, 1.165) is 5.75 Å². The molecule has 0 saturated carbocycles. The molecule has 0 spiro atoms. The smallest absolute Gasteiger partial charge is 0.286 e. The number of anilines is 1. The molecule has 26 heavy (non-hydrogen) atoms. The number of hydrogen-bond acceptors (Lipinski definition) is 5. The minimum absolute atomic E-state index is 0.142. The summed E-state index contributed by atoms with van der Waals surface area (Å²) in [6.07, 6.45) is 1.57. The SMILES string of the molecule is CC1CSC(N(C(=O)CCNC(=O)c2ccco2)c2ccc(Cl)cc2)=N1. The van der Waals surface area contributed by atoms with Gasteiger partial charge in [-0.3, -0.25) is 19.5 Å². The van der Waals surface area contributed by atoms with Crippen molar-refractivity contribution in [3.05, 3.63) is 53.4 Å². The van der Waals surface area contributed by atoms with E-state index in [9.17, 15) is 9.59 Å². The van der Waals surface area contributed by atoms with Gasteiger partial charge in [-0.05, 0) is 43.3 Å². The number of amides is 2. The number of rotatable bonds is 5. The maximum absolute atomic E-state index is 12.8. The molecule has 1 aromatic carbocycles. The van der Waals surface area contributed by atoms with Gasteiger partial charge in [0.05, 0.1) is 18.0 Å². The molecule has 0 fully saturated rings. The van der Waals surface area contributed by atoms with E-state index >= 15 is 0 Å². The molecule has 1 N–H and O–H groups in total. The normalized spacial score (nSPS) is 16.2. The van der Waals surface area contributed by atoms with Gasteiger partial charge in [-0.15, -0.1) is 0 Å². The third-order valence-corrected chi connectivity index (χ3v) is 5.13. The van der Waals surface area contributed by atoms with Gasteiger partial charge in [-0.25, -0.2) is 0 Å². The number of benzene rings is 1. The molecule has 1 aliphatic rings. The number of aliphatic imine (C=N–C) groups is 1. The lowest BCUT2D eigenvalue weighted by atomic mass is 10.2. The molecule has 2 amide bonds. The number of thioether (sulfide) groups is 1. The van der Waals surface area contributed by atoms with Crippen LogP contribution in [0.1, 0.15) is 23.9 Å². The number of hydrogen-bond donors (Lipinski definition) is 1. The highest BCUT2D eigenvalue weighted by atomic mass is 35.5. The van der Waals surface area contributed by atoms with Crippen LogP contribution >= 0.6 is 23.4 Å². The Balaban J connectivity index is 1.68. The first-order valence-corrected chi connectivity index (χ1v) is 9.52. The van der Waals surface area contributed by atoms with Crippen molar-refractivity contribution in [1.29, 1.82) is 0 Å². The number of amidine groups is 1. The van der Waals surface area contributed by atoms with E-state index in [1.54, 1.807) is 53.1 Å². The Morgan fingerprint density at radius 2 is 2.12 bits per heavy atom. The Bertz CT molecular complexity index is 806. The van der Waals surface area contributed by atoms with Crippen LogP contribution in [0.4, 0.5) is 5.69 Å². The summed E-state index contributed by atoms with van der Waals surface area (Å²) in [4.78, 5) is 30.8. The van der Waals surface area contributed by atoms with E-state index in [2.05, 4.69) is 10.3 Å². The molecule has 0 radical (unpaired) electrons. The lowest BCUT2D eigenvalue weighted by Crippen LogP contribution is -2.37. The maximum atomic E-state index is 12.8. The monoisotopic (exact) mass is 391 g/mol. The molecule has 8 heteroatoms. The Morgan fingerprint density at radius 3 is 2.73 bits per heavy atom. The molecular formula is C18H18ClN3O3S. The molecule has 136 valence electrons. The Kier molecular flexibility index (Phi) is 6.00. The first-order chi connectivity index (χ1) is 12.5. The molecule has 1 unspecified atom stereocenters. The lowest BCUT2D eigenvalue weighted by molar-refractivity contribution is -0.117. The minimum atomic E-state index is -0.345. The van der Waals surface area contributed by atoms with E-state index in [4.69, 9.17) is 16.0 Å². The molecule has 0 bridgehead atoms. The highest BCUT2D eigenvalue weighted by Crippen LogP contribution is 2.27. The van der Waals surface area contributed by atoms with Gasteiger partial charge in [-0.2, -0.15) is 0 Å². The van der Waals surface area contributed by atoms with Gasteiger partial charge in [0.2, 0.25) is 5.91 Å². The first-order valence-electron chi connectivity index (χ1n) is 8.15. The molecule has 0 saturated heterocycles. The summed E-state index contributed by atoms with van der Waals surface area (Å²) in [5.41, 5.74) is 0.706. The third-order valence-electron chi connectivity index (χ3n) is 3.68. The van der Waals surface area contributed by atoms with Crippen molar-refractivity contribution in [2.45, 2.75) is 19.4 Å². The van der Waals surface area contributed by atoms with Gasteiger partial charge in [0.15, 0.2) is 10.9 Å². The van der Waals surface area contributed by atoms with E-state index in [-0.39, 0.29) is 36.6 Å². The number of nitrogens with one attached hydrogen (secondary N) is 1. The predicted molar refractivity (Wildman–Crippen MR) is 104 cm³/mol. The zero-order valence-corrected chi connectivity index (χ0v) is 15.7. The topological polar surface area (TPSA) is 74.9 Å². The third kappa shape index (κ3) is 4.47. The molecule has 3 rings (SSSR count). The highest BCUT2D eigenvalue weighted by Gasteiger charge is 2.26. The van der Waals surface area contributed by atoms with Crippen molar-refractivity contribution in [3.8, 4) is 0 Å². The van der Waals surface area contributed by atoms with Crippen molar-refractivity contribution >= 4 is 46.0 Å². The van der Waals surface area contributed by atoms with Gasteiger partial charge < -0.3 is 9.73 Å². The van der Waals surface area contributed by atoms with Crippen LogP contribution in [0.25, 0.3) is 0 Å². The Labute approximate surface area is 160 Å². The summed E-state index contributed by atoms with van der Waals surface area (Å²) in [6.45, 7) is 2.21. The summed E-state index contributed by atoms with van der Waals surface area (Å²) in [5, 5.41) is 3.95. The van der Waals surface area contributed by atoms with Crippen molar-refractivity contribution in [2.75, 3.05) is 17.2 Å². The van der Waals surface area contributed by atoms with Crippen molar-refractivity contribution in [3.63, 3.8) is 0 Å². The summed E-state index contributed by atoms with van der Waals surface area (Å²) in [5.74, 6) is 0.563. The summed E-state index contributed by atoms with van der Waals surface area (Å²) in [6, 6.07) is 10.4. The summed E-state index contributed by atoms with van der Waals surface area (Å²) in [7, 11) is 0. The number of halogens is 1. The van der Waals surface area contributed by atoms with Gasteiger partial charge >= 0.3 is 0 Å². The van der Waals surface area contributed by atoms with Crippen LogP contribution < -0.4 is 10.2 Å². The van der Waals surface area contributed by atoms with Crippen molar-refractivity contribution < 1.29 is 14.0 Å². The van der Waals surface area contributed by atoms with Crippen LogP contribution in [0.5, 0.6) is 0 Å². The lowest BCUT2D eigenvalue weighted by Gasteiger charge is -2.22. The average molecular weight is 392 g/mol. The first kappa shape index (κ1) is 18.5. The second kappa shape index (κ2) is 8.42. The maximum Gasteiger partial charge on any atom is 0.286 e. The summed E-state index contributed by atoms with van der Waals surface area (Å²) >= 11 is 7.49. The molecular weight excluding hydrogens is 374 g/mol. The van der Waals surface area contributed by atoms with Crippen LogP contribution in [0.2, 0.25) is 5.02 Å². The summed E-state index contributed by atoms with van der Waals surface area (Å²) < 4.78 is 5.03. The van der Waals surface area contributed by atoms with Crippen LogP contribution in [-0.2, 0) is 4.79 Å². The van der Waals surface area contributed by atoms with Crippen molar-refractivity contribution in [2.24, 2.45) is 4.99 Å². The largest absolute Gasteiger partial charge is 0.459 e. The van der Waals surface area contributed by atoms with Gasteiger partial charge in [0, 0.05) is 23.7 Å².